The molecule has 4 N–H and O–H groups in total. The van der Waals surface area contributed by atoms with Crippen LogP contribution >= 0.6 is 0 Å². The first-order chi connectivity index (χ1) is 15.0. The molecule has 2 fully saturated rings. The van der Waals surface area contributed by atoms with Crippen LogP contribution in [-0.4, -0.2) is 41.9 Å². The second kappa shape index (κ2) is 7.62. The Bertz CT molecular complexity index is 983. The maximum atomic E-state index is 13.2. The standard InChI is InChI=1S/C25H30N2O4/c1-3-25(15-7-5-4-6-8-15)13-31-22-19(24(30)26-2)9-14(10-20(22)25)23(29)27-21-17-11-16(28)12-18(17)21/h4-10,16-18,21,24,26,28,30H,3,11-13H2,1-2H3,(H,27,29)/t16?,17-,18+,21?,24?,25-/m0/s1. The lowest BCUT2D eigenvalue weighted by molar-refractivity contribution is 0.0936. The minimum absolute atomic E-state index is 0.133. The van der Waals surface area contributed by atoms with E-state index in [1.807, 2.05) is 24.3 Å². The molecule has 6 nitrogen and oxygen atoms in total. The molecule has 5 rings (SSSR count). The van der Waals surface area contributed by atoms with Crippen molar-refractivity contribution >= 4 is 5.91 Å². The number of fused-ring (bicyclic) bond motifs is 2. The minimum atomic E-state index is -0.930. The van der Waals surface area contributed by atoms with Gasteiger partial charge in [0.25, 0.3) is 5.91 Å². The summed E-state index contributed by atoms with van der Waals surface area (Å²) < 4.78 is 6.15. The number of carbonyl (C=O) groups is 1. The number of hydrogen-bond acceptors (Lipinski definition) is 5. The van der Waals surface area contributed by atoms with Gasteiger partial charge in [0.2, 0.25) is 0 Å². The Morgan fingerprint density at radius 1 is 1.23 bits per heavy atom. The number of amides is 1. The summed E-state index contributed by atoms with van der Waals surface area (Å²) in [5.41, 5.74) is 2.85. The van der Waals surface area contributed by atoms with Gasteiger partial charge in [-0.05, 0) is 55.8 Å². The van der Waals surface area contributed by atoms with Crippen molar-refractivity contribution in [2.75, 3.05) is 13.7 Å². The Morgan fingerprint density at radius 3 is 2.58 bits per heavy atom. The predicted octanol–water partition coefficient (Wildman–Crippen LogP) is 2.48. The maximum absolute atomic E-state index is 13.2. The van der Waals surface area contributed by atoms with Crippen LogP contribution in [0.5, 0.6) is 5.75 Å². The van der Waals surface area contributed by atoms with Gasteiger partial charge in [0, 0.05) is 22.7 Å². The van der Waals surface area contributed by atoms with Crippen LogP contribution in [0.25, 0.3) is 0 Å². The zero-order valence-electron chi connectivity index (χ0n) is 18.0. The monoisotopic (exact) mass is 422 g/mol. The Balaban J connectivity index is 1.53. The second-order valence-electron chi connectivity index (χ2n) is 9.18. The third kappa shape index (κ3) is 3.25. The van der Waals surface area contributed by atoms with Gasteiger partial charge in [0.1, 0.15) is 18.6 Å². The molecular formula is C25H30N2O4. The summed E-state index contributed by atoms with van der Waals surface area (Å²) in [6, 6.07) is 14.0. The van der Waals surface area contributed by atoms with Gasteiger partial charge < -0.3 is 20.3 Å². The van der Waals surface area contributed by atoms with Crippen LogP contribution in [-0.2, 0) is 5.41 Å². The highest BCUT2D eigenvalue weighted by Crippen LogP contribution is 2.52. The van der Waals surface area contributed by atoms with E-state index in [4.69, 9.17) is 4.74 Å². The highest BCUT2D eigenvalue weighted by Gasteiger charge is 2.56. The molecule has 3 unspecified atom stereocenters. The van der Waals surface area contributed by atoms with Crippen LogP contribution in [0.4, 0.5) is 0 Å². The molecule has 2 aromatic carbocycles. The first-order valence-corrected chi connectivity index (χ1v) is 11.2. The van der Waals surface area contributed by atoms with Crippen LogP contribution in [0.3, 0.4) is 0 Å². The van der Waals surface area contributed by atoms with Crippen LogP contribution in [0, 0.1) is 11.8 Å². The number of carbonyl (C=O) groups excluding carboxylic acids is 1. The van der Waals surface area contributed by atoms with Crippen molar-refractivity contribution in [2.45, 2.75) is 50.0 Å². The number of benzene rings is 2. The van der Waals surface area contributed by atoms with E-state index in [-0.39, 0.29) is 23.5 Å². The molecule has 1 aliphatic heterocycles. The van der Waals surface area contributed by atoms with Crippen molar-refractivity contribution in [1.82, 2.24) is 10.6 Å². The van der Waals surface area contributed by atoms with Gasteiger partial charge in [-0.1, -0.05) is 37.3 Å². The summed E-state index contributed by atoms with van der Waals surface area (Å²) in [5, 5.41) is 26.4. The Labute approximate surface area is 182 Å². The highest BCUT2D eigenvalue weighted by molar-refractivity contribution is 5.95. The van der Waals surface area contributed by atoms with E-state index in [2.05, 4.69) is 29.7 Å². The number of aliphatic hydroxyl groups is 2. The third-order valence-corrected chi connectivity index (χ3v) is 7.57. The molecule has 6 heteroatoms. The molecule has 2 aliphatic carbocycles. The summed E-state index contributed by atoms with van der Waals surface area (Å²) in [6.45, 7) is 2.60. The van der Waals surface area contributed by atoms with E-state index in [1.54, 1.807) is 13.1 Å². The van der Waals surface area contributed by atoms with Crippen molar-refractivity contribution in [3.63, 3.8) is 0 Å². The molecule has 0 radical (unpaired) electrons. The molecule has 0 spiro atoms. The van der Waals surface area contributed by atoms with Crippen molar-refractivity contribution in [1.29, 1.82) is 0 Å². The average Bonchev–Trinajstić information content (AvgIpc) is 3.13. The van der Waals surface area contributed by atoms with Gasteiger partial charge in [-0.25, -0.2) is 0 Å². The zero-order valence-corrected chi connectivity index (χ0v) is 18.0. The first-order valence-electron chi connectivity index (χ1n) is 11.2. The summed E-state index contributed by atoms with van der Waals surface area (Å²) in [7, 11) is 1.68. The number of ether oxygens (including phenoxy) is 1. The van der Waals surface area contributed by atoms with Crippen LogP contribution in [0.2, 0.25) is 0 Å². The van der Waals surface area contributed by atoms with Crippen LogP contribution < -0.4 is 15.4 Å². The molecule has 2 saturated carbocycles. The predicted molar refractivity (Wildman–Crippen MR) is 117 cm³/mol. The fraction of sp³-hybridized carbons (Fsp3) is 0.480. The van der Waals surface area contributed by atoms with Gasteiger partial charge in [-0.2, -0.15) is 0 Å². The van der Waals surface area contributed by atoms with E-state index < -0.39 is 6.23 Å². The van der Waals surface area contributed by atoms with Gasteiger partial charge in [-0.15, -0.1) is 0 Å². The lowest BCUT2D eigenvalue weighted by Gasteiger charge is -2.28. The molecule has 0 bridgehead atoms. The lowest BCUT2D eigenvalue weighted by atomic mass is 9.73. The molecule has 31 heavy (non-hydrogen) atoms. The Morgan fingerprint density at radius 2 is 1.94 bits per heavy atom. The summed E-state index contributed by atoms with van der Waals surface area (Å²) in [4.78, 5) is 13.2. The second-order valence-corrected chi connectivity index (χ2v) is 9.18. The average molecular weight is 423 g/mol. The molecule has 164 valence electrons. The number of nitrogens with one attached hydrogen (secondary N) is 2. The number of aliphatic hydroxyl groups excluding tert-OH is 2. The first kappa shape index (κ1) is 20.5. The van der Waals surface area contributed by atoms with Crippen molar-refractivity contribution in [3.8, 4) is 5.75 Å². The SMILES string of the molecule is CC[C@@]1(c2ccccc2)COc2c(C(O)NC)cc(C(=O)NC3[C@H]4CC(O)C[C@@H]34)cc21. The molecule has 1 amide bonds. The van der Waals surface area contributed by atoms with Crippen molar-refractivity contribution in [3.05, 3.63) is 64.7 Å². The highest BCUT2D eigenvalue weighted by atomic mass is 16.5. The summed E-state index contributed by atoms with van der Waals surface area (Å²) >= 11 is 0. The van der Waals surface area contributed by atoms with Gasteiger partial charge in [-0.3, -0.25) is 10.1 Å². The van der Waals surface area contributed by atoms with Gasteiger partial charge in [0.05, 0.1) is 11.5 Å². The molecule has 0 saturated heterocycles. The van der Waals surface area contributed by atoms with E-state index in [9.17, 15) is 15.0 Å². The summed E-state index contributed by atoms with van der Waals surface area (Å²) in [6.07, 6.45) is 1.19. The normalized spacial score (nSPS) is 31.5. The number of hydrogen-bond donors (Lipinski definition) is 4. The fourth-order valence-corrected chi connectivity index (χ4v) is 5.68. The largest absolute Gasteiger partial charge is 0.492 e. The van der Waals surface area contributed by atoms with Crippen molar-refractivity contribution in [2.24, 2.45) is 11.8 Å². The third-order valence-electron chi connectivity index (χ3n) is 7.57. The van der Waals surface area contributed by atoms with Gasteiger partial charge >= 0.3 is 0 Å². The van der Waals surface area contributed by atoms with Crippen LogP contribution in [0.15, 0.2) is 42.5 Å². The Hall–Kier alpha value is -2.41. The van der Waals surface area contributed by atoms with E-state index >= 15 is 0 Å². The quantitative estimate of drug-likeness (QED) is 0.537. The molecule has 6 atom stereocenters. The minimum Gasteiger partial charge on any atom is -0.492 e. The molecule has 3 aliphatic rings. The lowest BCUT2D eigenvalue weighted by Crippen LogP contribution is -2.31. The Kier molecular flexibility index (Phi) is 5.04. The van der Waals surface area contributed by atoms with Gasteiger partial charge in [0.15, 0.2) is 0 Å². The molecule has 2 aromatic rings. The van der Waals surface area contributed by atoms with E-state index in [1.165, 1.54) is 0 Å². The number of rotatable bonds is 6. The summed E-state index contributed by atoms with van der Waals surface area (Å²) in [5.74, 6) is 1.30. The smallest absolute Gasteiger partial charge is 0.251 e. The maximum Gasteiger partial charge on any atom is 0.251 e. The van der Waals surface area contributed by atoms with E-state index in [0.717, 1.165) is 30.4 Å². The molecular weight excluding hydrogens is 392 g/mol. The topological polar surface area (TPSA) is 90.8 Å². The van der Waals surface area contributed by atoms with Crippen LogP contribution in [0.1, 0.15) is 59.5 Å². The van der Waals surface area contributed by atoms with E-state index in [0.29, 0.717) is 35.3 Å². The van der Waals surface area contributed by atoms with Crippen molar-refractivity contribution < 1.29 is 19.7 Å². The fourth-order valence-electron chi connectivity index (χ4n) is 5.68. The molecule has 0 aromatic heterocycles. The molecule has 1 heterocycles. The zero-order chi connectivity index (χ0) is 21.8.